The SMILES string of the molecule is Cn1c(O)c(N=NC(=S)Nc2ccccc2S(N)(=O)=O)c2ccc(Cl)cc21. The van der Waals surface area contributed by atoms with Crippen LogP contribution in [-0.2, 0) is 17.1 Å². The number of hydrogen-bond acceptors (Lipinski definition) is 5. The molecule has 0 fully saturated rings. The highest BCUT2D eigenvalue weighted by Crippen LogP contribution is 2.39. The Morgan fingerprint density at radius 3 is 2.70 bits per heavy atom. The van der Waals surface area contributed by atoms with Crippen LogP contribution in [0.15, 0.2) is 57.6 Å². The maximum atomic E-state index is 11.6. The molecular weight excluding hydrogens is 410 g/mol. The van der Waals surface area contributed by atoms with Gasteiger partial charge in [-0.3, -0.25) is 0 Å². The number of azo groups is 1. The van der Waals surface area contributed by atoms with E-state index >= 15 is 0 Å². The average molecular weight is 424 g/mol. The number of hydrogen-bond donors (Lipinski definition) is 3. The molecule has 2 aromatic carbocycles. The third-order valence-electron chi connectivity index (χ3n) is 3.78. The number of aryl methyl sites for hydroxylation is 1. The summed E-state index contributed by atoms with van der Waals surface area (Å²) >= 11 is 11.1. The predicted molar refractivity (Wildman–Crippen MR) is 108 cm³/mol. The van der Waals surface area contributed by atoms with E-state index in [1.165, 1.54) is 22.8 Å². The molecule has 0 bridgehead atoms. The standard InChI is InChI=1S/C16H14ClN5O3S2/c1-22-12-8-9(17)6-7-10(12)14(15(22)23)20-21-16(26)19-11-4-2-3-5-13(11)27(18,24)25/h2-8,23H,1H3,(H,19,26)(H2,18,24,25). The van der Waals surface area contributed by atoms with Gasteiger partial charge in [0.2, 0.25) is 21.0 Å². The van der Waals surface area contributed by atoms with Gasteiger partial charge in [-0.25, -0.2) is 13.6 Å². The fraction of sp³-hybridized carbons (Fsp3) is 0.0625. The molecule has 0 aliphatic rings. The quantitative estimate of drug-likeness (QED) is 0.438. The highest BCUT2D eigenvalue weighted by molar-refractivity contribution is 7.89. The molecule has 8 nitrogen and oxygen atoms in total. The number of anilines is 1. The lowest BCUT2D eigenvalue weighted by atomic mass is 10.2. The number of sulfonamides is 1. The molecule has 0 spiro atoms. The summed E-state index contributed by atoms with van der Waals surface area (Å²) in [5, 5.41) is 27.0. The Hall–Kier alpha value is -2.53. The molecule has 0 amide bonds. The fourth-order valence-electron chi connectivity index (χ4n) is 2.53. The number of nitrogens with one attached hydrogen (secondary N) is 1. The van der Waals surface area contributed by atoms with Gasteiger partial charge in [0.15, 0.2) is 5.69 Å². The minimum absolute atomic E-state index is 0.100. The zero-order chi connectivity index (χ0) is 19.8. The summed E-state index contributed by atoms with van der Waals surface area (Å²) in [5.74, 6) is -0.108. The lowest BCUT2D eigenvalue weighted by Gasteiger charge is -2.08. The molecule has 27 heavy (non-hydrogen) atoms. The van der Waals surface area contributed by atoms with E-state index in [1.54, 1.807) is 31.3 Å². The first-order valence-electron chi connectivity index (χ1n) is 7.50. The van der Waals surface area contributed by atoms with Crippen LogP contribution < -0.4 is 10.5 Å². The smallest absolute Gasteiger partial charge is 0.240 e. The Bertz CT molecular complexity index is 1190. The fourth-order valence-corrected chi connectivity index (χ4v) is 3.54. The largest absolute Gasteiger partial charge is 0.493 e. The normalized spacial score (nSPS) is 12.0. The molecule has 1 heterocycles. The second-order valence-electron chi connectivity index (χ2n) is 5.56. The molecule has 4 N–H and O–H groups in total. The number of nitrogens with two attached hydrogens (primary N) is 1. The molecule has 0 saturated carbocycles. The molecule has 3 rings (SSSR count). The lowest BCUT2D eigenvalue weighted by Crippen LogP contribution is -2.16. The first-order chi connectivity index (χ1) is 12.7. The monoisotopic (exact) mass is 423 g/mol. The number of nitrogens with zero attached hydrogens (tertiary/aromatic N) is 3. The van der Waals surface area contributed by atoms with Crippen molar-refractivity contribution < 1.29 is 13.5 Å². The minimum Gasteiger partial charge on any atom is -0.493 e. The maximum absolute atomic E-state index is 11.6. The molecular formula is C16H14ClN5O3S2. The van der Waals surface area contributed by atoms with E-state index < -0.39 is 10.0 Å². The van der Waals surface area contributed by atoms with E-state index in [-0.39, 0.29) is 27.3 Å². The van der Waals surface area contributed by atoms with Gasteiger partial charge in [-0.05, 0) is 42.5 Å². The van der Waals surface area contributed by atoms with Crippen molar-refractivity contribution in [2.45, 2.75) is 4.90 Å². The molecule has 0 aliphatic heterocycles. The van der Waals surface area contributed by atoms with Crippen LogP contribution in [0.4, 0.5) is 11.4 Å². The van der Waals surface area contributed by atoms with E-state index in [1.807, 2.05) is 0 Å². The molecule has 11 heteroatoms. The number of thiocarbonyl (C=S) groups is 1. The summed E-state index contributed by atoms with van der Waals surface area (Å²) in [6.45, 7) is 0. The Kier molecular flexibility index (Phi) is 5.16. The Morgan fingerprint density at radius 1 is 1.30 bits per heavy atom. The van der Waals surface area contributed by atoms with Crippen LogP contribution in [0.1, 0.15) is 0 Å². The second-order valence-corrected chi connectivity index (χ2v) is 7.92. The van der Waals surface area contributed by atoms with Gasteiger partial charge < -0.3 is 15.0 Å². The number of primary sulfonamides is 1. The first-order valence-corrected chi connectivity index (χ1v) is 9.83. The van der Waals surface area contributed by atoms with E-state index in [0.29, 0.717) is 15.9 Å². The number of aromatic hydroxyl groups is 1. The maximum Gasteiger partial charge on any atom is 0.240 e. The lowest BCUT2D eigenvalue weighted by molar-refractivity contribution is 0.436. The average Bonchev–Trinajstić information content (AvgIpc) is 2.83. The topological polar surface area (TPSA) is 122 Å². The van der Waals surface area contributed by atoms with E-state index in [9.17, 15) is 13.5 Å². The molecule has 0 saturated heterocycles. The molecule has 1 aromatic heterocycles. The van der Waals surface area contributed by atoms with Crippen molar-refractivity contribution in [3.63, 3.8) is 0 Å². The number of fused-ring (bicyclic) bond motifs is 1. The summed E-state index contributed by atoms with van der Waals surface area (Å²) in [4.78, 5) is -0.120. The van der Waals surface area contributed by atoms with Crippen LogP contribution in [0.5, 0.6) is 5.88 Å². The van der Waals surface area contributed by atoms with Crippen LogP contribution in [0, 0.1) is 0 Å². The number of aromatic nitrogens is 1. The van der Waals surface area contributed by atoms with Crippen LogP contribution in [0.25, 0.3) is 10.9 Å². The van der Waals surface area contributed by atoms with Crippen molar-refractivity contribution in [2.24, 2.45) is 22.4 Å². The van der Waals surface area contributed by atoms with Crippen LogP contribution in [-0.4, -0.2) is 23.2 Å². The van der Waals surface area contributed by atoms with Gasteiger partial charge >= 0.3 is 0 Å². The predicted octanol–water partition coefficient (Wildman–Crippen LogP) is 3.67. The number of halogens is 1. The molecule has 3 aromatic rings. The summed E-state index contributed by atoms with van der Waals surface area (Å²) in [6, 6.07) is 11.1. The van der Waals surface area contributed by atoms with Crippen LogP contribution >= 0.6 is 23.8 Å². The van der Waals surface area contributed by atoms with Gasteiger partial charge in [-0.2, -0.15) is 0 Å². The number of benzene rings is 2. The Labute approximate surface area is 165 Å². The number of para-hydroxylation sites is 1. The van der Waals surface area contributed by atoms with E-state index in [2.05, 4.69) is 15.5 Å². The Balaban J connectivity index is 1.91. The third-order valence-corrected chi connectivity index (χ3v) is 5.17. The van der Waals surface area contributed by atoms with Crippen molar-refractivity contribution in [2.75, 3.05) is 5.32 Å². The number of rotatable bonds is 3. The van der Waals surface area contributed by atoms with Crippen molar-refractivity contribution in [3.05, 3.63) is 47.5 Å². The van der Waals surface area contributed by atoms with Gasteiger partial charge in [0, 0.05) is 17.5 Å². The summed E-state index contributed by atoms with van der Waals surface area (Å²) in [7, 11) is -2.27. The first kappa shape index (κ1) is 19.2. The van der Waals surface area contributed by atoms with Crippen molar-refractivity contribution in [1.29, 1.82) is 0 Å². The zero-order valence-corrected chi connectivity index (χ0v) is 16.3. The zero-order valence-electron chi connectivity index (χ0n) is 13.9. The van der Waals surface area contributed by atoms with Gasteiger partial charge in [-0.15, -0.1) is 10.2 Å². The van der Waals surface area contributed by atoms with Crippen molar-refractivity contribution in [3.8, 4) is 5.88 Å². The highest BCUT2D eigenvalue weighted by Gasteiger charge is 2.16. The van der Waals surface area contributed by atoms with Gasteiger partial charge in [0.25, 0.3) is 0 Å². The van der Waals surface area contributed by atoms with Gasteiger partial charge in [0.05, 0.1) is 11.2 Å². The third kappa shape index (κ3) is 3.93. The summed E-state index contributed by atoms with van der Waals surface area (Å²) in [5.41, 5.74) is 1.07. The summed E-state index contributed by atoms with van der Waals surface area (Å²) < 4.78 is 24.8. The molecule has 0 radical (unpaired) electrons. The highest BCUT2D eigenvalue weighted by atomic mass is 35.5. The molecule has 140 valence electrons. The van der Waals surface area contributed by atoms with Crippen molar-refractivity contribution >= 4 is 61.2 Å². The summed E-state index contributed by atoms with van der Waals surface area (Å²) in [6.07, 6.45) is 0. The Morgan fingerprint density at radius 2 is 2.00 bits per heavy atom. The molecule has 0 aliphatic carbocycles. The van der Waals surface area contributed by atoms with Crippen molar-refractivity contribution in [1.82, 2.24) is 4.57 Å². The van der Waals surface area contributed by atoms with E-state index in [4.69, 9.17) is 29.0 Å². The second kappa shape index (κ2) is 7.24. The minimum atomic E-state index is -3.93. The molecule has 0 atom stereocenters. The molecule has 0 unspecified atom stereocenters. The van der Waals surface area contributed by atoms with Crippen LogP contribution in [0.2, 0.25) is 5.02 Å². The van der Waals surface area contributed by atoms with Gasteiger partial charge in [0.1, 0.15) is 4.90 Å². The van der Waals surface area contributed by atoms with Crippen LogP contribution in [0.3, 0.4) is 0 Å². The van der Waals surface area contributed by atoms with E-state index in [0.717, 1.165) is 0 Å². The van der Waals surface area contributed by atoms with Gasteiger partial charge in [-0.1, -0.05) is 23.7 Å².